The van der Waals surface area contributed by atoms with Crippen LogP contribution in [0.4, 0.5) is 4.39 Å². The van der Waals surface area contributed by atoms with Gasteiger partial charge < -0.3 is 9.80 Å². The van der Waals surface area contributed by atoms with E-state index in [1.54, 1.807) is 4.90 Å². The Hall–Kier alpha value is -1.51. The second-order valence-corrected chi connectivity index (χ2v) is 8.12. The molecule has 0 bridgehead atoms. The van der Waals surface area contributed by atoms with Gasteiger partial charge in [-0.2, -0.15) is 4.31 Å². The predicted octanol–water partition coefficient (Wildman–Crippen LogP) is -0.666. The molecule has 1 N–H and O–H groups in total. The fourth-order valence-corrected chi connectivity index (χ4v) is 3.49. The number of carbonyl (C=O) groups is 1. The molecule has 2 rings (SSSR count). The van der Waals surface area contributed by atoms with Gasteiger partial charge in [0.05, 0.1) is 45.5 Å². The van der Waals surface area contributed by atoms with Gasteiger partial charge in [0.15, 0.2) is 0 Å². The zero-order valence-corrected chi connectivity index (χ0v) is 15.0. The Balaban J connectivity index is 2.01. The molecule has 0 radical (unpaired) electrons. The third kappa shape index (κ3) is 5.25. The van der Waals surface area contributed by atoms with Gasteiger partial charge in [0.2, 0.25) is 15.9 Å². The molecule has 1 fully saturated rings. The molecule has 0 saturated carbocycles. The number of rotatable bonds is 6. The van der Waals surface area contributed by atoms with Crippen LogP contribution in [0.2, 0.25) is 0 Å². The van der Waals surface area contributed by atoms with Crippen molar-refractivity contribution in [3.05, 3.63) is 35.6 Å². The van der Waals surface area contributed by atoms with Crippen molar-refractivity contribution in [2.45, 2.75) is 13.5 Å². The zero-order valence-electron chi connectivity index (χ0n) is 14.2. The monoisotopic (exact) mass is 358 g/mol. The van der Waals surface area contributed by atoms with E-state index in [1.807, 2.05) is 0 Å². The minimum Gasteiger partial charge on any atom is -0.332 e. The number of quaternary nitrogens is 1. The highest BCUT2D eigenvalue weighted by Gasteiger charge is 2.27. The lowest BCUT2D eigenvalue weighted by Gasteiger charge is -2.32. The van der Waals surface area contributed by atoms with Crippen molar-refractivity contribution in [2.24, 2.45) is 0 Å². The summed E-state index contributed by atoms with van der Waals surface area (Å²) in [6.07, 6.45) is 1.09. The Morgan fingerprint density at radius 2 is 1.83 bits per heavy atom. The quantitative estimate of drug-likeness (QED) is 0.734. The maximum atomic E-state index is 13.0. The van der Waals surface area contributed by atoms with Crippen LogP contribution in [-0.4, -0.2) is 69.1 Å². The molecule has 0 spiro atoms. The van der Waals surface area contributed by atoms with Gasteiger partial charge >= 0.3 is 0 Å². The van der Waals surface area contributed by atoms with Gasteiger partial charge in [-0.15, -0.1) is 0 Å². The van der Waals surface area contributed by atoms with Gasteiger partial charge in [0.25, 0.3) is 0 Å². The van der Waals surface area contributed by atoms with Crippen molar-refractivity contribution in [1.29, 1.82) is 0 Å². The zero-order chi connectivity index (χ0) is 17.7. The number of likely N-dealkylation sites (N-methyl/N-ethyl adjacent to an activating group) is 1. The predicted molar refractivity (Wildman–Crippen MR) is 89.5 cm³/mol. The number of amides is 1. The van der Waals surface area contributed by atoms with Crippen molar-refractivity contribution in [2.75, 3.05) is 45.5 Å². The number of sulfonamides is 1. The first kappa shape index (κ1) is 18.8. The molecule has 8 heteroatoms. The van der Waals surface area contributed by atoms with Crippen LogP contribution in [0.5, 0.6) is 0 Å². The molecule has 1 aliphatic heterocycles. The largest absolute Gasteiger partial charge is 0.332 e. The van der Waals surface area contributed by atoms with E-state index in [1.165, 1.54) is 29.2 Å². The topological polar surface area (TPSA) is 62.1 Å². The van der Waals surface area contributed by atoms with E-state index in [4.69, 9.17) is 0 Å². The Labute approximate surface area is 142 Å². The molecule has 1 aromatic rings. The summed E-state index contributed by atoms with van der Waals surface area (Å²) in [6, 6.07) is 5.62. The molecule has 0 unspecified atom stereocenters. The van der Waals surface area contributed by atoms with Crippen LogP contribution < -0.4 is 4.90 Å². The maximum absolute atomic E-state index is 13.0. The Kier molecular flexibility index (Phi) is 6.31. The van der Waals surface area contributed by atoms with E-state index in [0.717, 1.165) is 30.2 Å². The molecular formula is C16H25FN3O3S+. The number of piperazine rings is 1. The Morgan fingerprint density at radius 3 is 2.33 bits per heavy atom. The maximum Gasteiger partial charge on any atom is 0.238 e. The van der Waals surface area contributed by atoms with Crippen LogP contribution in [-0.2, 0) is 21.4 Å². The van der Waals surface area contributed by atoms with Crippen LogP contribution >= 0.6 is 0 Å². The van der Waals surface area contributed by atoms with E-state index in [2.05, 4.69) is 6.92 Å². The van der Waals surface area contributed by atoms with Crippen molar-refractivity contribution in [3.8, 4) is 0 Å². The highest BCUT2D eigenvalue weighted by molar-refractivity contribution is 7.88. The molecule has 24 heavy (non-hydrogen) atoms. The SMILES string of the molecule is CC[NH+]1CCN(C(=O)CN(Cc2ccc(F)cc2)S(C)(=O)=O)CC1. The molecule has 0 atom stereocenters. The fraction of sp³-hybridized carbons (Fsp3) is 0.562. The molecule has 0 aromatic heterocycles. The normalized spacial score (nSPS) is 16.6. The number of carbonyl (C=O) groups excluding carboxylic acids is 1. The summed E-state index contributed by atoms with van der Waals surface area (Å²) in [5.74, 6) is -0.560. The fourth-order valence-electron chi connectivity index (χ4n) is 2.76. The van der Waals surface area contributed by atoms with Crippen LogP contribution in [0, 0.1) is 5.82 Å². The van der Waals surface area contributed by atoms with Gasteiger partial charge in [-0.05, 0) is 24.6 Å². The lowest BCUT2D eigenvalue weighted by Crippen LogP contribution is -3.14. The summed E-state index contributed by atoms with van der Waals surface area (Å²) in [5, 5.41) is 0. The van der Waals surface area contributed by atoms with E-state index in [-0.39, 0.29) is 24.8 Å². The molecular weight excluding hydrogens is 333 g/mol. The molecule has 0 aliphatic carbocycles. The second-order valence-electron chi connectivity index (χ2n) is 6.14. The third-order valence-electron chi connectivity index (χ3n) is 4.38. The summed E-state index contributed by atoms with van der Waals surface area (Å²) in [6.45, 7) is 6.09. The molecule has 6 nitrogen and oxygen atoms in total. The number of hydrogen-bond donors (Lipinski definition) is 1. The Morgan fingerprint density at radius 1 is 1.25 bits per heavy atom. The van der Waals surface area contributed by atoms with E-state index < -0.39 is 10.0 Å². The minimum absolute atomic E-state index is 0.0605. The van der Waals surface area contributed by atoms with Gasteiger partial charge in [-0.25, -0.2) is 12.8 Å². The number of hydrogen-bond acceptors (Lipinski definition) is 3. The third-order valence-corrected chi connectivity index (χ3v) is 5.57. The van der Waals surface area contributed by atoms with Crippen LogP contribution in [0.3, 0.4) is 0 Å². The average Bonchev–Trinajstić information content (AvgIpc) is 2.55. The van der Waals surface area contributed by atoms with Crippen LogP contribution in [0.15, 0.2) is 24.3 Å². The van der Waals surface area contributed by atoms with E-state index >= 15 is 0 Å². The van der Waals surface area contributed by atoms with E-state index in [9.17, 15) is 17.6 Å². The average molecular weight is 358 g/mol. The van der Waals surface area contributed by atoms with Crippen molar-refractivity contribution in [1.82, 2.24) is 9.21 Å². The number of nitrogens with zero attached hydrogens (tertiary/aromatic N) is 2. The molecule has 1 heterocycles. The number of halogens is 1. The highest BCUT2D eigenvalue weighted by Crippen LogP contribution is 2.10. The molecule has 1 saturated heterocycles. The summed E-state index contributed by atoms with van der Waals surface area (Å²) >= 11 is 0. The molecule has 1 amide bonds. The molecule has 1 aliphatic rings. The molecule has 134 valence electrons. The van der Waals surface area contributed by atoms with Crippen LogP contribution in [0.25, 0.3) is 0 Å². The summed E-state index contributed by atoms with van der Waals surface area (Å²) in [7, 11) is -3.54. The Bertz CT molecular complexity index is 656. The van der Waals surface area contributed by atoms with Gasteiger partial charge in [0, 0.05) is 6.54 Å². The summed E-state index contributed by atoms with van der Waals surface area (Å²) in [4.78, 5) is 15.6. The number of benzene rings is 1. The minimum atomic E-state index is -3.54. The number of nitrogens with one attached hydrogen (secondary N) is 1. The van der Waals surface area contributed by atoms with Crippen LogP contribution in [0.1, 0.15) is 12.5 Å². The van der Waals surface area contributed by atoms with Gasteiger partial charge in [0.1, 0.15) is 5.82 Å². The lowest BCUT2D eigenvalue weighted by atomic mass is 10.2. The lowest BCUT2D eigenvalue weighted by molar-refractivity contribution is -0.902. The van der Waals surface area contributed by atoms with Crippen molar-refractivity contribution >= 4 is 15.9 Å². The van der Waals surface area contributed by atoms with Gasteiger partial charge in [-0.1, -0.05) is 12.1 Å². The first-order valence-electron chi connectivity index (χ1n) is 8.10. The van der Waals surface area contributed by atoms with Gasteiger partial charge in [-0.3, -0.25) is 4.79 Å². The first-order valence-corrected chi connectivity index (χ1v) is 9.95. The summed E-state index contributed by atoms with van der Waals surface area (Å²) in [5.41, 5.74) is 0.648. The standard InChI is InChI=1S/C16H24FN3O3S/c1-3-18-8-10-19(11-9-18)16(21)13-20(24(2,22)23)12-14-4-6-15(17)7-5-14/h4-7H,3,8-13H2,1-2H3/p+1. The van der Waals surface area contributed by atoms with Crippen molar-refractivity contribution < 1.29 is 22.5 Å². The highest BCUT2D eigenvalue weighted by atomic mass is 32.2. The molecule has 1 aromatic carbocycles. The summed E-state index contributed by atoms with van der Waals surface area (Å²) < 4.78 is 38.1. The van der Waals surface area contributed by atoms with Crippen molar-refractivity contribution in [3.63, 3.8) is 0 Å². The smallest absolute Gasteiger partial charge is 0.238 e. The van der Waals surface area contributed by atoms with E-state index in [0.29, 0.717) is 18.7 Å². The second kappa shape index (κ2) is 8.04. The first-order chi connectivity index (χ1) is 11.3.